The van der Waals surface area contributed by atoms with Crippen molar-refractivity contribution in [3.63, 3.8) is 0 Å². The summed E-state index contributed by atoms with van der Waals surface area (Å²) in [5.74, 6) is 0.813. The number of hydrogen-bond donors (Lipinski definition) is 2. The molecule has 0 aromatic heterocycles. The Balaban J connectivity index is 1.37. The second-order valence-electron chi connectivity index (χ2n) is 8.24. The van der Waals surface area contributed by atoms with Crippen molar-refractivity contribution < 1.29 is 9.53 Å². The van der Waals surface area contributed by atoms with Crippen molar-refractivity contribution >= 4 is 17.4 Å². The maximum Gasteiger partial charge on any atom is 0.319 e. The van der Waals surface area contributed by atoms with Gasteiger partial charge in [-0.1, -0.05) is 32.9 Å². The second-order valence-corrected chi connectivity index (χ2v) is 8.24. The highest BCUT2D eigenvalue weighted by Gasteiger charge is 2.13. The van der Waals surface area contributed by atoms with Gasteiger partial charge in [-0.25, -0.2) is 4.79 Å². The van der Waals surface area contributed by atoms with Gasteiger partial charge in [0.15, 0.2) is 0 Å². The molecule has 0 atom stereocenters. The number of carbonyl (C=O) groups is 1. The van der Waals surface area contributed by atoms with Gasteiger partial charge in [0.25, 0.3) is 0 Å². The molecule has 1 saturated heterocycles. The van der Waals surface area contributed by atoms with Crippen molar-refractivity contribution in [3.8, 4) is 5.75 Å². The van der Waals surface area contributed by atoms with Gasteiger partial charge in [-0.2, -0.15) is 0 Å². The number of benzene rings is 2. The molecule has 150 valence electrons. The smallest absolute Gasteiger partial charge is 0.319 e. The van der Waals surface area contributed by atoms with E-state index in [0.29, 0.717) is 13.2 Å². The number of anilines is 2. The molecule has 0 saturated carbocycles. The summed E-state index contributed by atoms with van der Waals surface area (Å²) in [6, 6.07) is 15.9. The number of hydrogen-bond acceptors (Lipinski definition) is 3. The van der Waals surface area contributed by atoms with Crippen molar-refractivity contribution in [1.82, 2.24) is 5.32 Å². The molecule has 0 unspecified atom stereocenters. The molecule has 0 bridgehead atoms. The van der Waals surface area contributed by atoms with Crippen molar-refractivity contribution in [3.05, 3.63) is 54.1 Å². The minimum absolute atomic E-state index is 0.130. The zero-order valence-corrected chi connectivity index (χ0v) is 17.1. The molecule has 0 spiro atoms. The summed E-state index contributed by atoms with van der Waals surface area (Å²) in [4.78, 5) is 14.4. The number of amides is 2. The van der Waals surface area contributed by atoms with Crippen LogP contribution in [0.25, 0.3) is 0 Å². The largest absolute Gasteiger partial charge is 0.492 e. The average molecular weight is 382 g/mol. The standard InChI is InChI=1S/C23H31N3O2/c1-23(2,3)18-6-12-21(13-7-18)28-17-14-24-22(27)25-19-8-10-20(11-9-19)26-15-4-5-16-26/h6-13H,4-5,14-17H2,1-3H3,(H2,24,25,27). The summed E-state index contributed by atoms with van der Waals surface area (Å²) in [6.07, 6.45) is 2.51. The van der Waals surface area contributed by atoms with Crippen LogP contribution in [-0.2, 0) is 5.41 Å². The molecule has 28 heavy (non-hydrogen) atoms. The summed E-state index contributed by atoms with van der Waals surface area (Å²) in [5, 5.41) is 5.68. The summed E-state index contributed by atoms with van der Waals surface area (Å²) in [7, 11) is 0. The van der Waals surface area contributed by atoms with E-state index in [9.17, 15) is 4.79 Å². The molecular formula is C23H31N3O2. The Kier molecular flexibility index (Phi) is 6.45. The first-order valence-electron chi connectivity index (χ1n) is 10.0. The molecule has 5 heteroatoms. The number of nitrogens with zero attached hydrogens (tertiary/aromatic N) is 1. The van der Waals surface area contributed by atoms with Crippen LogP contribution in [0.3, 0.4) is 0 Å². The van der Waals surface area contributed by atoms with E-state index in [2.05, 4.69) is 60.6 Å². The second kappa shape index (κ2) is 9.00. The zero-order valence-electron chi connectivity index (χ0n) is 17.1. The number of rotatable bonds is 6. The molecule has 2 N–H and O–H groups in total. The average Bonchev–Trinajstić information content (AvgIpc) is 3.20. The van der Waals surface area contributed by atoms with E-state index >= 15 is 0 Å². The van der Waals surface area contributed by atoms with Gasteiger partial charge in [-0.3, -0.25) is 0 Å². The van der Waals surface area contributed by atoms with E-state index in [1.807, 2.05) is 24.3 Å². The fourth-order valence-electron chi connectivity index (χ4n) is 3.29. The van der Waals surface area contributed by atoms with Gasteiger partial charge in [-0.15, -0.1) is 0 Å². The topological polar surface area (TPSA) is 53.6 Å². The first-order valence-corrected chi connectivity index (χ1v) is 10.0. The molecule has 1 fully saturated rings. The quantitative estimate of drug-likeness (QED) is 0.708. The number of carbonyl (C=O) groups excluding carboxylic acids is 1. The highest BCUT2D eigenvalue weighted by atomic mass is 16.5. The van der Waals surface area contributed by atoms with Crippen LogP contribution in [0.2, 0.25) is 0 Å². The molecule has 5 nitrogen and oxygen atoms in total. The normalized spacial score (nSPS) is 14.0. The Labute approximate surface area is 168 Å². The van der Waals surface area contributed by atoms with Gasteiger partial charge in [0.2, 0.25) is 0 Å². The third kappa shape index (κ3) is 5.65. The third-order valence-corrected chi connectivity index (χ3v) is 4.97. The fourth-order valence-corrected chi connectivity index (χ4v) is 3.29. The SMILES string of the molecule is CC(C)(C)c1ccc(OCCNC(=O)Nc2ccc(N3CCCC3)cc2)cc1. The summed E-state index contributed by atoms with van der Waals surface area (Å²) in [5.41, 5.74) is 3.41. The predicted octanol–water partition coefficient (Wildman–Crippen LogP) is 4.78. The highest BCUT2D eigenvalue weighted by Crippen LogP contribution is 2.24. The minimum Gasteiger partial charge on any atom is -0.492 e. The van der Waals surface area contributed by atoms with Crippen LogP contribution >= 0.6 is 0 Å². The maximum absolute atomic E-state index is 12.0. The first-order chi connectivity index (χ1) is 13.4. The molecule has 0 radical (unpaired) electrons. The monoisotopic (exact) mass is 381 g/mol. The van der Waals surface area contributed by atoms with Gasteiger partial charge in [0.05, 0.1) is 6.54 Å². The van der Waals surface area contributed by atoms with Gasteiger partial charge in [0, 0.05) is 24.5 Å². The predicted molar refractivity (Wildman–Crippen MR) is 116 cm³/mol. The lowest BCUT2D eigenvalue weighted by Crippen LogP contribution is -2.32. The molecule has 1 heterocycles. The van der Waals surface area contributed by atoms with Crippen molar-refractivity contribution in [2.45, 2.75) is 39.0 Å². The molecular weight excluding hydrogens is 350 g/mol. The Morgan fingerprint density at radius 1 is 1.00 bits per heavy atom. The summed E-state index contributed by atoms with van der Waals surface area (Å²) in [6.45, 7) is 9.66. The minimum atomic E-state index is -0.222. The molecule has 1 aliphatic rings. The number of ether oxygens (including phenoxy) is 1. The van der Waals surface area contributed by atoms with Crippen LogP contribution < -0.4 is 20.3 Å². The number of nitrogens with one attached hydrogen (secondary N) is 2. The van der Waals surface area contributed by atoms with Crippen LogP contribution in [0.4, 0.5) is 16.2 Å². The Morgan fingerprint density at radius 3 is 2.25 bits per heavy atom. The van der Waals surface area contributed by atoms with E-state index in [0.717, 1.165) is 24.5 Å². The van der Waals surface area contributed by atoms with E-state index < -0.39 is 0 Å². The van der Waals surface area contributed by atoms with E-state index in [-0.39, 0.29) is 11.4 Å². The molecule has 2 aromatic rings. The van der Waals surface area contributed by atoms with E-state index in [1.54, 1.807) is 0 Å². The highest BCUT2D eigenvalue weighted by molar-refractivity contribution is 5.89. The third-order valence-electron chi connectivity index (χ3n) is 4.97. The van der Waals surface area contributed by atoms with E-state index in [4.69, 9.17) is 4.74 Å². The van der Waals surface area contributed by atoms with Gasteiger partial charge in [-0.05, 0) is 60.2 Å². The molecule has 3 rings (SSSR count). The lowest BCUT2D eigenvalue weighted by molar-refractivity contribution is 0.247. The van der Waals surface area contributed by atoms with E-state index in [1.165, 1.54) is 24.1 Å². The summed E-state index contributed by atoms with van der Waals surface area (Å²) >= 11 is 0. The molecule has 1 aliphatic heterocycles. The Morgan fingerprint density at radius 2 is 1.64 bits per heavy atom. The van der Waals surface area contributed by atoms with Crippen molar-refractivity contribution in [1.29, 1.82) is 0 Å². The lowest BCUT2D eigenvalue weighted by Gasteiger charge is -2.19. The fraction of sp³-hybridized carbons (Fsp3) is 0.435. The van der Waals surface area contributed by atoms with Crippen LogP contribution in [0.15, 0.2) is 48.5 Å². The summed E-state index contributed by atoms with van der Waals surface area (Å²) < 4.78 is 5.70. The van der Waals surface area contributed by atoms with Gasteiger partial charge in [0.1, 0.15) is 12.4 Å². The maximum atomic E-state index is 12.0. The zero-order chi connectivity index (χ0) is 20.0. The Hall–Kier alpha value is -2.69. The molecule has 0 aliphatic carbocycles. The van der Waals surface area contributed by atoms with Crippen LogP contribution in [-0.4, -0.2) is 32.3 Å². The van der Waals surface area contributed by atoms with Crippen molar-refractivity contribution in [2.24, 2.45) is 0 Å². The van der Waals surface area contributed by atoms with Crippen molar-refractivity contribution in [2.75, 3.05) is 36.5 Å². The first kappa shape index (κ1) is 20.1. The van der Waals surface area contributed by atoms with Gasteiger partial charge >= 0.3 is 6.03 Å². The van der Waals surface area contributed by atoms with Crippen LogP contribution in [0.5, 0.6) is 5.75 Å². The molecule has 2 aromatic carbocycles. The van der Waals surface area contributed by atoms with Gasteiger partial charge < -0.3 is 20.3 Å². The van der Waals surface area contributed by atoms with Crippen LogP contribution in [0.1, 0.15) is 39.2 Å². The molecule has 2 amide bonds. The number of urea groups is 1. The Bertz CT molecular complexity index is 758. The lowest BCUT2D eigenvalue weighted by atomic mass is 9.87. The van der Waals surface area contributed by atoms with Crippen LogP contribution in [0, 0.1) is 0 Å².